The van der Waals surface area contributed by atoms with E-state index in [-0.39, 0.29) is 11.3 Å². The molecule has 3 rings (SSSR count). The number of rotatable bonds is 5. The molecule has 0 aliphatic carbocycles. The van der Waals surface area contributed by atoms with E-state index in [1.165, 1.54) is 6.21 Å². The van der Waals surface area contributed by atoms with Crippen molar-refractivity contribution in [2.75, 3.05) is 0 Å². The normalized spacial score (nSPS) is 11.4. The molecule has 1 N–H and O–H groups in total. The zero-order valence-electron chi connectivity index (χ0n) is 17.6. The Morgan fingerprint density at radius 1 is 0.871 bits per heavy atom. The van der Waals surface area contributed by atoms with Crippen LogP contribution in [0.4, 0.5) is 0 Å². The van der Waals surface area contributed by atoms with Crippen molar-refractivity contribution in [3.8, 4) is 5.75 Å². The smallest absolute Gasteiger partial charge is 0.343 e. The summed E-state index contributed by atoms with van der Waals surface area (Å²) in [7, 11) is 0. The van der Waals surface area contributed by atoms with Gasteiger partial charge in [0.05, 0.1) is 11.8 Å². The minimum atomic E-state index is -0.419. The second kappa shape index (κ2) is 9.58. The van der Waals surface area contributed by atoms with Gasteiger partial charge in [-0.05, 0) is 77.2 Å². The van der Waals surface area contributed by atoms with E-state index in [2.05, 4.69) is 31.3 Å². The lowest BCUT2D eigenvalue weighted by atomic mass is 9.87. The second-order valence-electron chi connectivity index (χ2n) is 7.99. The summed E-state index contributed by atoms with van der Waals surface area (Å²) in [4.78, 5) is 24.4. The molecule has 0 aromatic heterocycles. The Labute approximate surface area is 186 Å². The minimum Gasteiger partial charge on any atom is -0.423 e. The van der Waals surface area contributed by atoms with Crippen molar-refractivity contribution in [1.29, 1.82) is 0 Å². The highest BCUT2D eigenvalue weighted by molar-refractivity contribution is 6.30. The summed E-state index contributed by atoms with van der Waals surface area (Å²) < 4.78 is 5.43. The molecule has 1 amide bonds. The molecule has 0 aliphatic rings. The van der Waals surface area contributed by atoms with Crippen LogP contribution in [-0.2, 0) is 5.41 Å². The number of amides is 1. The Bertz CT molecular complexity index is 1080. The number of nitrogens with one attached hydrogen (secondary N) is 1. The van der Waals surface area contributed by atoms with Crippen LogP contribution in [0.5, 0.6) is 5.75 Å². The Kier molecular flexibility index (Phi) is 6.88. The average Bonchev–Trinajstić information content (AvgIpc) is 2.75. The van der Waals surface area contributed by atoms with Crippen LogP contribution in [0.3, 0.4) is 0 Å². The van der Waals surface area contributed by atoms with Crippen molar-refractivity contribution in [2.45, 2.75) is 26.2 Å². The maximum Gasteiger partial charge on any atom is 0.343 e. The van der Waals surface area contributed by atoms with Gasteiger partial charge >= 0.3 is 5.97 Å². The number of benzene rings is 3. The molecule has 0 radical (unpaired) electrons. The SMILES string of the molecule is CC(C)(C)c1ccc(C(=O)Oc2ccc(C=NNC(=O)c3ccc(Cl)cc3)cc2)cc1. The van der Waals surface area contributed by atoms with Crippen molar-refractivity contribution in [1.82, 2.24) is 5.43 Å². The van der Waals surface area contributed by atoms with E-state index in [0.717, 1.165) is 11.1 Å². The summed E-state index contributed by atoms with van der Waals surface area (Å²) in [6.45, 7) is 6.36. The molecule has 5 nitrogen and oxygen atoms in total. The quantitative estimate of drug-likeness (QED) is 0.245. The van der Waals surface area contributed by atoms with Gasteiger partial charge in [0.2, 0.25) is 0 Å². The van der Waals surface area contributed by atoms with Gasteiger partial charge in [-0.15, -0.1) is 0 Å². The Morgan fingerprint density at radius 3 is 2.03 bits per heavy atom. The van der Waals surface area contributed by atoms with E-state index >= 15 is 0 Å². The lowest BCUT2D eigenvalue weighted by Crippen LogP contribution is -2.17. The van der Waals surface area contributed by atoms with Crippen molar-refractivity contribution < 1.29 is 14.3 Å². The molecule has 0 saturated carbocycles. The summed E-state index contributed by atoms with van der Waals surface area (Å²) in [6, 6.07) is 20.8. The van der Waals surface area contributed by atoms with Crippen molar-refractivity contribution in [3.05, 3.63) is 100 Å². The standard InChI is InChI=1S/C25H23ClN2O3/c1-25(2,3)20-10-6-19(7-11-20)24(30)31-22-14-4-17(5-15-22)16-27-28-23(29)18-8-12-21(26)13-9-18/h4-16H,1-3H3,(H,28,29). The fourth-order valence-corrected chi connectivity index (χ4v) is 2.85. The summed E-state index contributed by atoms with van der Waals surface area (Å²) in [6.07, 6.45) is 1.50. The number of halogens is 1. The molecular weight excluding hydrogens is 412 g/mol. The van der Waals surface area contributed by atoms with E-state index in [1.807, 2.05) is 12.1 Å². The molecule has 0 heterocycles. The molecular formula is C25H23ClN2O3. The van der Waals surface area contributed by atoms with Crippen LogP contribution in [0.1, 0.15) is 52.6 Å². The van der Waals surface area contributed by atoms with Gasteiger partial charge in [0.15, 0.2) is 0 Å². The summed E-state index contributed by atoms with van der Waals surface area (Å²) in [5.41, 5.74) is 5.31. The molecule has 0 unspecified atom stereocenters. The topological polar surface area (TPSA) is 67.8 Å². The first-order valence-corrected chi connectivity index (χ1v) is 10.1. The third-order valence-corrected chi connectivity index (χ3v) is 4.82. The summed E-state index contributed by atoms with van der Waals surface area (Å²) in [5.74, 6) is -0.333. The number of carbonyl (C=O) groups excluding carboxylic acids is 2. The Hall–Kier alpha value is -3.44. The number of hydrazone groups is 1. The monoisotopic (exact) mass is 434 g/mol. The molecule has 31 heavy (non-hydrogen) atoms. The van der Waals surface area contributed by atoms with Crippen LogP contribution in [0.15, 0.2) is 77.9 Å². The summed E-state index contributed by atoms with van der Waals surface area (Å²) in [5, 5.41) is 4.50. The average molecular weight is 435 g/mol. The third-order valence-electron chi connectivity index (χ3n) is 4.56. The van der Waals surface area contributed by atoms with Crippen LogP contribution in [0.25, 0.3) is 0 Å². The molecule has 158 valence electrons. The van der Waals surface area contributed by atoms with Gasteiger partial charge in [0.1, 0.15) is 5.75 Å². The molecule has 0 bridgehead atoms. The minimum absolute atomic E-state index is 0.0219. The molecule has 0 fully saturated rings. The first kappa shape index (κ1) is 22.2. The first-order valence-electron chi connectivity index (χ1n) is 9.74. The Morgan fingerprint density at radius 2 is 1.45 bits per heavy atom. The molecule has 6 heteroatoms. The number of carbonyl (C=O) groups is 2. The number of ether oxygens (including phenoxy) is 1. The molecule has 0 saturated heterocycles. The highest BCUT2D eigenvalue weighted by Gasteiger charge is 2.15. The van der Waals surface area contributed by atoms with Gasteiger partial charge in [-0.25, -0.2) is 10.2 Å². The molecule has 0 atom stereocenters. The van der Waals surface area contributed by atoms with E-state index < -0.39 is 5.97 Å². The predicted octanol–water partition coefficient (Wildman–Crippen LogP) is 5.62. The van der Waals surface area contributed by atoms with E-state index in [4.69, 9.17) is 16.3 Å². The number of hydrogen-bond acceptors (Lipinski definition) is 4. The fourth-order valence-electron chi connectivity index (χ4n) is 2.73. The van der Waals surface area contributed by atoms with Gasteiger partial charge in [-0.3, -0.25) is 4.79 Å². The molecule has 0 spiro atoms. The van der Waals surface area contributed by atoms with Crippen LogP contribution >= 0.6 is 11.6 Å². The Balaban J connectivity index is 1.56. The molecule has 0 aliphatic heterocycles. The zero-order chi connectivity index (χ0) is 22.4. The zero-order valence-corrected chi connectivity index (χ0v) is 18.3. The van der Waals surface area contributed by atoms with Crippen LogP contribution in [-0.4, -0.2) is 18.1 Å². The van der Waals surface area contributed by atoms with E-state index in [9.17, 15) is 9.59 Å². The first-order chi connectivity index (χ1) is 14.7. The summed E-state index contributed by atoms with van der Waals surface area (Å²) >= 11 is 5.81. The second-order valence-corrected chi connectivity index (χ2v) is 8.43. The fraction of sp³-hybridized carbons (Fsp3) is 0.160. The predicted molar refractivity (Wildman–Crippen MR) is 123 cm³/mol. The van der Waals surface area contributed by atoms with Crippen molar-refractivity contribution in [2.24, 2.45) is 5.10 Å². The number of esters is 1. The van der Waals surface area contributed by atoms with Crippen molar-refractivity contribution in [3.63, 3.8) is 0 Å². The number of hydrogen-bond donors (Lipinski definition) is 1. The van der Waals surface area contributed by atoms with Crippen LogP contribution in [0, 0.1) is 0 Å². The highest BCUT2D eigenvalue weighted by Crippen LogP contribution is 2.22. The van der Waals surface area contributed by atoms with Gasteiger partial charge in [-0.1, -0.05) is 44.5 Å². The lowest BCUT2D eigenvalue weighted by molar-refractivity contribution is 0.0734. The van der Waals surface area contributed by atoms with E-state index in [0.29, 0.717) is 21.9 Å². The van der Waals surface area contributed by atoms with Gasteiger partial charge < -0.3 is 4.74 Å². The number of nitrogens with zero attached hydrogens (tertiary/aromatic N) is 1. The maximum absolute atomic E-state index is 12.4. The van der Waals surface area contributed by atoms with Crippen LogP contribution < -0.4 is 10.2 Å². The van der Waals surface area contributed by atoms with E-state index in [1.54, 1.807) is 60.7 Å². The lowest BCUT2D eigenvalue weighted by Gasteiger charge is -2.18. The van der Waals surface area contributed by atoms with Gasteiger partial charge in [0.25, 0.3) is 5.91 Å². The molecule has 3 aromatic rings. The van der Waals surface area contributed by atoms with Gasteiger partial charge in [-0.2, -0.15) is 5.10 Å². The van der Waals surface area contributed by atoms with Crippen molar-refractivity contribution >= 4 is 29.7 Å². The molecule has 3 aromatic carbocycles. The highest BCUT2D eigenvalue weighted by atomic mass is 35.5. The third kappa shape index (κ3) is 6.27. The largest absolute Gasteiger partial charge is 0.423 e. The maximum atomic E-state index is 12.4. The van der Waals surface area contributed by atoms with Crippen LogP contribution in [0.2, 0.25) is 5.02 Å². The van der Waals surface area contributed by atoms with Gasteiger partial charge in [0, 0.05) is 10.6 Å².